The Morgan fingerprint density at radius 3 is 2.52 bits per heavy atom. The third kappa shape index (κ3) is 3.40. The number of hydrogen-bond acceptors (Lipinski definition) is 5. The van der Waals surface area contributed by atoms with Gasteiger partial charge < -0.3 is 10.4 Å². The van der Waals surface area contributed by atoms with Crippen molar-refractivity contribution in [3.8, 4) is 0 Å². The van der Waals surface area contributed by atoms with E-state index in [1.54, 1.807) is 4.90 Å². The number of para-hydroxylation sites is 1. The molecular weight excluding hydrogens is 370 g/mol. The number of aryl methyl sites for hydroxylation is 2. The summed E-state index contributed by atoms with van der Waals surface area (Å²) in [7, 11) is 0. The third-order valence-electron chi connectivity index (χ3n) is 5.15. The summed E-state index contributed by atoms with van der Waals surface area (Å²) in [5.41, 5.74) is 4.51. The number of carbonyl (C=O) groups excluding carboxylic acids is 3. The minimum atomic E-state index is -0.479. The molecule has 0 spiro atoms. The molecule has 4 rings (SSSR count). The quantitative estimate of drug-likeness (QED) is 0.780. The van der Waals surface area contributed by atoms with E-state index in [2.05, 4.69) is 5.32 Å². The van der Waals surface area contributed by atoms with Crippen LogP contribution in [0.25, 0.3) is 0 Å². The highest BCUT2D eigenvalue weighted by Crippen LogP contribution is 2.37. The van der Waals surface area contributed by atoms with Crippen LogP contribution in [0.2, 0.25) is 0 Å². The number of amides is 3. The lowest BCUT2D eigenvalue weighted by atomic mass is 10.0. The number of nitrogens with one attached hydrogen (secondary N) is 1. The molecule has 0 aliphatic carbocycles. The second kappa shape index (κ2) is 7.52. The Balaban J connectivity index is 1.69. The van der Waals surface area contributed by atoms with Gasteiger partial charge in [0.25, 0.3) is 11.8 Å². The molecule has 2 N–H and O–H groups in total. The van der Waals surface area contributed by atoms with Crippen molar-refractivity contribution in [3.05, 3.63) is 65.4 Å². The summed E-state index contributed by atoms with van der Waals surface area (Å²) >= 11 is 0. The first-order chi connectivity index (χ1) is 14.0. The molecule has 0 fully saturated rings. The zero-order valence-corrected chi connectivity index (χ0v) is 16.0. The summed E-state index contributed by atoms with van der Waals surface area (Å²) in [4.78, 5) is 39.5. The molecule has 0 saturated carbocycles. The van der Waals surface area contributed by atoms with Gasteiger partial charge in [0.1, 0.15) is 5.70 Å². The Kier molecular flexibility index (Phi) is 4.90. The maximum absolute atomic E-state index is 12.5. The predicted octanol–water partition coefficient (Wildman–Crippen LogP) is 2.13. The number of fused-ring (bicyclic) bond motifs is 2. The van der Waals surface area contributed by atoms with Crippen LogP contribution < -0.4 is 10.2 Å². The van der Waals surface area contributed by atoms with Gasteiger partial charge in [-0.05, 0) is 42.2 Å². The standard InChI is InChI=1S/C22H21N3O4/c1-14(27)25-19-5-3-2-4-15(19)6-7-16-8-9-17(12-20(16)25)23-18-13-21(28)24(10-11-26)22(18)29/h2-5,8-9,12-13,23,26H,6-7,10-11H2,1H3. The number of benzene rings is 2. The summed E-state index contributed by atoms with van der Waals surface area (Å²) in [6, 6.07) is 13.4. The molecule has 0 bridgehead atoms. The molecule has 0 saturated heterocycles. The maximum Gasteiger partial charge on any atom is 0.277 e. The zero-order valence-electron chi connectivity index (χ0n) is 16.0. The first kappa shape index (κ1) is 18.9. The molecule has 2 heterocycles. The van der Waals surface area contributed by atoms with Gasteiger partial charge in [0, 0.05) is 18.7 Å². The van der Waals surface area contributed by atoms with Gasteiger partial charge >= 0.3 is 0 Å². The third-order valence-corrected chi connectivity index (χ3v) is 5.15. The maximum atomic E-state index is 12.5. The molecule has 0 aromatic heterocycles. The van der Waals surface area contributed by atoms with E-state index in [1.807, 2.05) is 42.5 Å². The van der Waals surface area contributed by atoms with E-state index < -0.39 is 11.8 Å². The molecule has 2 aromatic carbocycles. The first-order valence-electron chi connectivity index (χ1n) is 9.46. The van der Waals surface area contributed by atoms with Crippen LogP contribution in [0.3, 0.4) is 0 Å². The summed E-state index contributed by atoms with van der Waals surface area (Å²) in [6.45, 7) is 1.20. The summed E-state index contributed by atoms with van der Waals surface area (Å²) < 4.78 is 0. The van der Waals surface area contributed by atoms with Gasteiger partial charge in [-0.1, -0.05) is 24.3 Å². The topological polar surface area (TPSA) is 90.0 Å². The average molecular weight is 391 g/mol. The van der Waals surface area contributed by atoms with Crippen molar-refractivity contribution in [2.45, 2.75) is 19.8 Å². The van der Waals surface area contributed by atoms with Crippen LogP contribution in [0.1, 0.15) is 18.1 Å². The number of β-amino-alcohol motifs (C(OH)–C–C–N with tert-alkyl or cyclic N) is 1. The number of carbonyl (C=O) groups is 3. The summed E-state index contributed by atoms with van der Waals surface area (Å²) in [5.74, 6) is -1.04. The molecule has 0 radical (unpaired) electrons. The Hall–Kier alpha value is -3.45. The second-order valence-electron chi connectivity index (χ2n) is 7.03. The van der Waals surface area contributed by atoms with Crippen LogP contribution in [0, 0.1) is 0 Å². The van der Waals surface area contributed by atoms with E-state index in [1.165, 1.54) is 13.0 Å². The molecule has 29 heavy (non-hydrogen) atoms. The molecule has 0 unspecified atom stereocenters. The van der Waals surface area contributed by atoms with Gasteiger partial charge in [-0.15, -0.1) is 0 Å². The fourth-order valence-electron chi connectivity index (χ4n) is 3.81. The number of rotatable bonds is 4. The van der Waals surface area contributed by atoms with Crippen molar-refractivity contribution in [1.82, 2.24) is 4.90 Å². The van der Waals surface area contributed by atoms with E-state index in [0.717, 1.165) is 40.2 Å². The number of anilines is 3. The van der Waals surface area contributed by atoms with Crippen LogP contribution in [0.15, 0.2) is 54.2 Å². The number of hydrogen-bond donors (Lipinski definition) is 2. The number of aliphatic hydroxyl groups excluding tert-OH is 1. The Morgan fingerprint density at radius 2 is 1.79 bits per heavy atom. The summed E-state index contributed by atoms with van der Waals surface area (Å²) in [5, 5.41) is 12.0. The van der Waals surface area contributed by atoms with Crippen molar-refractivity contribution in [2.24, 2.45) is 0 Å². The zero-order chi connectivity index (χ0) is 20.5. The fraction of sp³-hybridized carbons (Fsp3) is 0.227. The molecule has 3 amide bonds. The number of aliphatic hydroxyl groups is 1. The highest BCUT2D eigenvalue weighted by atomic mass is 16.3. The number of imide groups is 1. The van der Waals surface area contributed by atoms with Gasteiger partial charge in [0.05, 0.1) is 24.5 Å². The SMILES string of the molecule is CC(=O)N1c2ccccc2CCc2ccc(NC3=CC(=O)N(CCO)C3=O)cc21. The molecule has 7 nitrogen and oxygen atoms in total. The van der Waals surface area contributed by atoms with Gasteiger partial charge in [0.15, 0.2) is 0 Å². The van der Waals surface area contributed by atoms with Gasteiger partial charge in [-0.2, -0.15) is 0 Å². The molecular formula is C22H21N3O4. The minimum Gasteiger partial charge on any atom is -0.395 e. The lowest BCUT2D eigenvalue weighted by Gasteiger charge is -2.24. The van der Waals surface area contributed by atoms with Crippen molar-refractivity contribution in [3.63, 3.8) is 0 Å². The van der Waals surface area contributed by atoms with E-state index >= 15 is 0 Å². The van der Waals surface area contributed by atoms with Crippen molar-refractivity contribution >= 4 is 34.8 Å². The van der Waals surface area contributed by atoms with Crippen LogP contribution >= 0.6 is 0 Å². The van der Waals surface area contributed by atoms with Gasteiger partial charge in [0.2, 0.25) is 5.91 Å². The van der Waals surface area contributed by atoms with Crippen LogP contribution in [-0.2, 0) is 27.2 Å². The minimum absolute atomic E-state index is 0.0432. The molecule has 2 aliphatic rings. The average Bonchev–Trinajstić information content (AvgIpc) is 2.87. The smallest absolute Gasteiger partial charge is 0.277 e. The van der Waals surface area contributed by atoms with Crippen molar-refractivity contribution < 1.29 is 19.5 Å². The van der Waals surface area contributed by atoms with Crippen molar-refractivity contribution in [1.29, 1.82) is 0 Å². The first-order valence-corrected chi connectivity index (χ1v) is 9.46. The van der Waals surface area contributed by atoms with Crippen LogP contribution in [0.5, 0.6) is 0 Å². The largest absolute Gasteiger partial charge is 0.395 e. The van der Waals surface area contributed by atoms with Gasteiger partial charge in [-0.25, -0.2) is 0 Å². The van der Waals surface area contributed by atoms with E-state index in [9.17, 15) is 14.4 Å². The molecule has 148 valence electrons. The lowest BCUT2D eigenvalue weighted by molar-refractivity contribution is -0.137. The van der Waals surface area contributed by atoms with E-state index in [0.29, 0.717) is 5.69 Å². The summed E-state index contributed by atoms with van der Waals surface area (Å²) in [6.07, 6.45) is 2.84. The number of nitrogens with zero attached hydrogens (tertiary/aromatic N) is 2. The Labute approximate surface area is 168 Å². The molecule has 2 aromatic rings. The Bertz CT molecular complexity index is 1040. The fourth-order valence-corrected chi connectivity index (χ4v) is 3.81. The van der Waals surface area contributed by atoms with Crippen LogP contribution in [0.4, 0.5) is 17.1 Å². The van der Waals surface area contributed by atoms with E-state index in [-0.39, 0.29) is 24.8 Å². The van der Waals surface area contributed by atoms with Crippen LogP contribution in [-0.4, -0.2) is 40.9 Å². The monoisotopic (exact) mass is 391 g/mol. The molecule has 2 aliphatic heterocycles. The highest BCUT2D eigenvalue weighted by Gasteiger charge is 2.31. The normalized spacial score (nSPS) is 15.6. The van der Waals surface area contributed by atoms with E-state index in [4.69, 9.17) is 5.11 Å². The van der Waals surface area contributed by atoms with Gasteiger partial charge in [-0.3, -0.25) is 24.2 Å². The second-order valence-corrected chi connectivity index (χ2v) is 7.03. The Morgan fingerprint density at radius 1 is 1.07 bits per heavy atom. The van der Waals surface area contributed by atoms with Crippen molar-refractivity contribution in [2.75, 3.05) is 23.4 Å². The molecule has 0 atom stereocenters. The highest BCUT2D eigenvalue weighted by molar-refractivity contribution is 6.17. The predicted molar refractivity (Wildman–Crippen MR) is 109 cm³/mol. The molecule has 7 heteroatoms. The lowest BCUT2D eigenvalue weighted by Crippen LogP contribution is -2.34.